The molecule has 0 aliphatic rings. The molecule has 1 aromatic rings. The zero-order valence-corrected chi connectivity index (χ0v) is 7.55. The van der Waals surface area contributed by atoms with E-state index in [1.807, 2.05) is 13.8 Å². The molecule has 0 saturated heterocycles. The highest BCUT2D eigenvalue weighted by atomic mass is 16.5. The van der Waals surface area contributed by atoms with Crippen LogP contribution < -0.4 is 16.2 Å². The number of aromatic nitrogens is 2. The van der Waals surface area contributed by atoms with E-state index in [0.717, 1.165) is 0 Å². The van der Waals surface area contributed by atoms with Gasteiger partial charge in [-0.25, -0.2) is 4.52 Å². The Morgan fingerprint density at radius 1 is 1.67 bits per heavy atom. The molecule has 5 nitrogen and oxygen atoms in total. The monoisotopic (exact) mass is 172 g/mol. The van der Waals surface area contributed by atoms with Gasteiger partial charge < -0.3 is 5.73 Å². The van der Waals surface area contributed by atoms with Crippen LogP contribution in [0, 0.1) is 0 Å². The molecule has 0 aliphatic carbocycles. The molecule has 0 amide bonds. The Bertz CT molecular complexity index is 324. The third-order valence-electron chi connectivity index (χ3n) is 1.91. The van der Waals surface area contributed by atoms with Crippen LogP contribution in [0.2, 0.25) is 0 Å². The smallest absolute Gasteiger partial charge is 0.329 e. The van der Waals surface area contributed by atoms with Crippen LogP contribution in [0.4, 0.5) is 0 Å². The molecule has 0 aromatic carbocycles. The number of nitrogens with two attached hydrogens (primary N) is 1. The molecule has 0 fully saturated rings. The minimum Gasteiger partial charge on any atom is -0.329 e. The fraction of sp³-hybridized carbons (Fsp3) is 0.714. The Labute approximate surface area is 70.2 Å². The number of hydrogen-bond donors (Lipinski definition) is 2. The maximum Gasteiger partial charge on any atom is 0.547 e. The lowest BCUT2D eigenvalue weighted by atomic mass is 9.93. The summed E-state index contributed by atoms with van der Waals surface area (Å²) in [6.07, 6.45) is 0. The molecule has 0 atom stereocenters. The second-order valence-corrected chi connectivity index (χ2v) is 3.44. The van der Waals surface area contributed by atoms with Crippen molar-refractivity contribution in [3.05, 3.63) is 16.4 Å². The quantitative estimate of drug-likeness (QED) is 0.563. The molecule has 0 spiro atoms. The van der Waals surface area contributed by atoms with Gasteiger partial charge in [-0.2, -0.15) is 9.78 Å². The van der Waals surface area contributed by atoms with Gasteiger partial charge >= 0.3 is 11.6 Å². The Morgan fingerprint density at radius 3 is 2.58 bits per heavy atom. The van der Waals surface area contributed by atoms with E-state index in [4.69, 9.17) is 10.3 Å². The van der Waals surface area contributed by atoms with E-state index >= 15 is 0 Å². The third kappa shape index (κ3) is 1.40. The number of nitrogens with one attached hydrogen (secondary N) is 1. The average Bonchev–Trinajstić information content (AvgIpc) is 2.31. The van der Waals surface area contributed by atoms with E-state index in [1.54, 1.807) is 7.05 Å². The standard InChI is InChI=1S/C7H13N3O2/c1-7(2,4-8)5-9-6(11)12-10(5)3/h4,8H2,1-3H3/p+1. The SMILES string of the molecule is C[n+]1oc(=O)[nH]c1C(C)(C)CN. The van der Waals surface area contributed by atoms with E-state index < -0.39 is 5.76 Å². The van der Waals surface area contributed by atoms with Crippen molar-refractivity contribution in [1.29, 1.82) is 0 Å². The summed E-state index contributed by atoms with van der Waals surface area (Å²) in [5.74, 6) is 0.254. The van der Waals surface area contributed by atoms with Gasteiger partial charge in [0.1, 0.15) is 7.05 Å². The molecule has 3 N–H and O–H groups in total. The fourth-order valence-corrected chi connectivity index (χ4v) is 1.06. The van der Waals surface area contributed by atoms with Crippen molar-refractivity contribution < 1.29 is 9.26 Å². The lowest BCUT2D eigenvalue weighted by Gasteiger charge is -2.14. The van der Waals surface area contributed by atoms with Gasteiger partial charge in [-0.05, 0) is 13.8 Å². The highest BCUT2D eigenvalue weighted by Gasteiger charge is 2.31. The van der Waals surface area contributed by atoms with Gasteiger partial charge in [0.2, 0.25) is 0 Å². The van der Waals surface area contributed by atoms with Crippen LogP contribution in [0.5, 0.6) is 0 Å². The van der Waals surface area contributed by atoms with Gasteiger partial charge in [0, 0.05) is 6.54 Å². The zero-order chi connectivity index (χ0) is 9.35. The molecule has 0 aliphatic heterocycles. The van der Waals surface area contributed by atoms with Crippen molar-refractivity contribution >= 4 is 0 Å². The van der Waals surface area contributed by atoms with E-state index in [0.29, 0.717) is 12.4 Å². The number of nitrogens with zero attached hydrogens (tertiary/aromatic N) is 1. The van der Waals surface area contributed by atoms with Crippen LogP contribution in [0.1, 0.15) is 19.7 Å². The maximum absolute atomic E-state index is 10.8. The molecule has 0 bridgehead atoms. The molecule has 0 saturated carbocycles. The molecular formula is C7H14N3O2+. The van der Waals surface area contributed by atoms with Gasteiger partial charge in [0.05, 0.1) is 5.41 Å². The molecule has 1 rings (SSSR count). The zero-order valence-electron chi connectivity index (χ0n) is 7.55. The van der Waals surface area contributed by atoms with Crippen LogP contribution >= 0.6 is 0 Å². The molecule has 12 heavy (non-hydrogen) atoms. The molecular weight excluding hydrogens is 158 g/mol. The first-order valence-electron chi connectivity index (χ1n) is 3.77. The first-order valence-corrected chi connectivity index (χ1v) is 3.77. The van der Waals surface area contributed by atoms with Crippen LogP contribution in [0.3, 0.4) is 0 Å². The number of H-pyrrole nitrogens is 1. The summed E-state index contributed by atoms with van der Waals surface area (Å²) < 4.78 is 6.16. The largest absolute Gasteiger partial charge is 0.547 e. The highest BCUT2D eigenvalue weighted by Crippen LogP contribution is 2.13. The summed E-state index contributed by atoms with van der Waals surface area (Å²) in [5, 5.41) is 0. The average molecular weight is 172 g/mol. The predicted molar refractivity (Wildman–Crippen MR) is 42.6 cm³/mol. The Hall–Kier alpha value is -1.10. The molecule has 0 radical (unpaired) electrons. The van der Waals surface area contributed by atoms with E-state index in [2.05, 4.69) is 4.98 Å². The number of rotatable bonds is 2. The van der Waals surface area contributed by atoms with Gasteiger partial charge in [-0.1, -0.05) is 4.74 Å². The first kappa shape index (κ1) is 8.99. The van der Waals surface area contributed by atoms with E-state index in [-0.39, 0.29) is 5.41 Å². The van der Waals surface area contributed by atoms with Crippen molar-refractivity contribution in [2.75, 3.05) is 6.54 Å². The second kappa shape index (κ2) is 2.75. The number of hydrogen-bond acceptors (Lipinski definition) is 3. The molecule has 68 valence electrons. The lowest BCUT2D eigenvalue weighted by molar-refractivity contribution is -0.855. The fourth-order valence-electron chi connectivity index (χ4n) is 1.06. The van der Waals surface area contributed by atoms with Gasteiger partial charge in [0.25, 0.3) is 0 Å². The van der Waals surface area contributed by atoms with Crippen molar-refractivity contribution in [2.24, 2.45) is 12.8 Å². The van der Waals surface area contributed by atoms with Crippen LogP contribution in [0.15, 0.2) is 9.32 Å². The van der Waals surface area contributed by atoms with Gasteiger partial charge in [-0.15, -0.1) is 0 Å². The van der Waals surface area contributed by atoms with E-state index in [1.165, 1.54) is 4.74 Å². The second-order valence-electron chi connectivity index (χ2n) is 3.44. The van der Waals surface area contributed by atoms with Gasteiger partial charge in [-0.3, -0.25) is 0 Å². The Kier molecular flexibility index (Phi) is 2.06. The predicted octanol–water partition coefficient (Wildman–Crippen LogP) is -0.971. The third-order valence-corrected chi connectivity index (χ3v) is 1.91. The van der Waals surface area contributed by atoms with Crippen molar-refractivity contribution in [3.8, 4) is 0 Å². The van der Waals surface area contributed by atoms with Gasteiger partial charge in [0.15, 0.2) is 0 Å². The number of aryl methyl sites for hydroxylation is 1. The lowest BCUT2D eigenvalue weighted by Crippen LogP contribution is -2.42. The highest BCUT2D eigenvalue weighted by molar-refractivity contribution is 4.96. The van der Waals surface area contributed by atoms with Crippen LogP contribution in [-0.4, -0.2) is 11.5 Å². The maximum atomic E-state index is 10.8. The normalized spacial score (nSPS) is 12.0. The Morgan fingerprint density at radius 2 is 2.25 bits per heavy atom. The minimum absolute atomic E-state index is 0.263. The number of aromatic amines is 1. The van der Waals surface area contributed by atoms with E-state index in [9.17, 15) is 4.79 Å². The van der Waals surface area contributed by atoms with Crippen molar-refractivity contribution in [1.82, 2.24) is 4.98 Å². The van der Waals surface area contributed by atoms with Crippen LogP contribution in [0.25, 0.3) is 0 Å². The summed E-state index contributed by atoms with van der Waals surface area (Å²) in [6.45, 7) is 4.33. The Balaban J connectivity index is 3.18. The summed E-state index contributed by atoms with van der Waals surface area (Å²) in [4.78, 5) is 13.4. The summed E-state index contributed by atoms with van der Waals surface area (Å²) in [6, 6.07) is 0. The molecule has 5 heteroatoms. The summed E-state index contributed by atoms with van der Waals surface area (Å²) in [7, 11) is 1.67. The molecule has 1 aromatic heterocycles. The molecule has 0 unspecified atom stereocenters. The first-order chi connectivity index (χ1) is 5.47. The summed E-state index contributed by atoms with van der Waals surface area (Å²) >= 11 is 0. The minimum atomic E-state index is -0.450. The van der Waals surface area contributed by atoms with Crippen molar-refractivity contribution in [2.45, 2.75) is 19.3 Å². The molecule has 1 heterocycles. The van der Waals surface area contributed by atoms with Crippen molar-refractivity contribution in [3.63, 3.8) is 0 Å². The topological polar surface area (TPSA) is 75.9 Å². The van der Waals surface area contributed by atoms with Crippen LogP contribution in [-0.2, 0) is 12.5 Å². The summed E-state index contributed by atoms with van der Waals surface area (Å²) in [5.41, 5.74) is 5.28.